The first-order chi connectivity index (χ1) is 7.10. The van der Waals surface area contributed by atoms with Crippen LogP contribution in [0, 0.1) is 0 Å². The third-order valence-electron chi connectivity index (χ3n) is 2.19. The summed E-state index contributed by atoms with van der Waals surface area (Å²) >= 11 is -2.07. The quantitative estimate of drug-likeness (QED) is 0.277. The van der Waals surface area contributed by atoms with E-state index in [0.29, 0.717) is 6.54 Å². The molecule has 0 aromatic heterocycles. The maximum atomic E-state index is 11.6. The van der Waals surface area contributed by atoms with E-state index < -0.39 is 20.1 Å². The van der Waals surface area contributed by atoms with Crippen LogP contribution < -0.4 is 5.73 Å². The molecule has 0 unspecified atom stereocenters. The van der Waals surface area contributed by atoms with E-state index in [1.807, 2.05) is 6.92 Å². The summed E-state index contributed by atoms with van der Waals surface area (Å²) in [5.41, 5.74) is 6.46. The van der Waals surface area contributed by atoms with Gasteiger partial charge in [0.2, 0.25) is 0 Å². The van der Waals surface area contributed by atoms with Crippen LogP contribution in [-0.4, -0.2) is 23.9 Å². The average molecular weight is 324 g/mol. The Hall–Kier alpha value is -0.590. The Morgan fingerprint density at radius 1 is 1.60 bits per heavy atom. The van der Waals surface area contributed by atoms with Crippen LogP contribution in [0.4, 0.5) is 4.79 Å². The van der Waals surface area contributed by atoms with Crippen LogP contribution in [0.1, 0.15) is 26.7 Å². The second kappa shape index (κ2) is 5.48. The third kappa shape index (κ3) is 2.93. The average Bonchev–Trinajstić information content (AvgIpc) is 2.49. The molecule has 0 aromatic carbocycles. The minimum absolute atomic E-state index is 0.00991. The van der Waals surface area contributed by atoms with Gasteiger partial charge >= 0.3 is 97.7 Å². The van der Waals surface area contributed by atoms with Crippen molar-refractivity contribution in [2.24, 2.45) is 5.73 Å². The maximum absolute atomic E-state index is 11.6. The van der Waals surface area contributed by atoms with Gasteiger partial charge in [-0.15, -0.1) is 0 Å². The fourth-order valence-corrected chi connectivity index (χ4v) is 5.28. The fourth-order valence-electron chi connectivity index (χ4n) is 1.57. The Bertz CT molecular complexity index is 302. The summed E-state index contributed by atoms with van der Waals surface area (Å²) in [4.78, 5) is 22.8. The van der Waals surface area contributed by atoms with Gasteiger partial charge in [0, 0.05) is 0 Å². The van der Waals surface area contributed by atoms with Crippen LogP contribution in [0.15, 0.2) is 11.6 Å². The minimum atomic E-state index is -2.07. The predicted molar refractivity (Wildman–Crippen MR) is 68.8 cm³/mol. The summed E-state index contributed by atoms with van der Waals surface area (Å²) in [7, 11) is 0. The van der Waals surface area contributed by atoms with Gasteiger partial charge in [-0.3, -0.25) is 0 Å². The Balaban J connectivity index is 2.68. The van der Waals surface area contributed by atoms with Gasteiger partial charge in [-0.05, 0) is 0 Å². The van der Waals surface area contributed by atoms with Crippen molar-refractivity contribution < 1.29 is 9.59 Å². The van der Waals surface area contributed by atoms with Crippen molar-refractivity contribution in [2.75, 3.05) is 11.0 Å². The second-order valence-corrected chi connectivity index (χ2v) is 9.00. The summed E-state index contributed by atoms with van der Waals surface area (Å²) in [6, 6.07) is 0. The number of nitrogens with two attached hydrogens (primary N) is 1. The first-order valence-electron chi connectivity index (χ1n) is 5.06. The van der Waals surface area contributed by atoms with Crippen molar-refractivity contribution >= 4 is 29.9 Å². The number of rotatable bonds is 5. The van der Waals surface area contributed by atoms with E-state index in [0.717, 1.165) is 22.8 Å². The van der Waals surface area contributed by atoms with E-state index in [2.05, 4.69) is 6.92 Å². The molecule has 0 saturated heterocycles. The molecule has 1 rings (SSSR count). The van der Waals surface area contributed by atoms with E-state index in [-0.39, 0.29) is 9.82 Å². The molecule has 0 saturated carbocycles. The molecular weight excluding hydrogens is 307 g/mol. The fraction of sp³-hybridized carbons (Fsp3) is 0.600. The molecule has 2 N–H and O–H groups in total. The molecule has 0 aliphatic carbocycles. The SMILES string of the molecule is CCCC1=CC(=O)N(I(CC)C(N)=O)C1. The van der Waals surface area contributed by atoms with E-state index in [1.165, 1.54) is 0 Å². The summed E-state index contributed by atoms with van der Waals surface area (Å²) in [6.07, 6.45) is 3.64. The van der Waals surface area contributed by atoms with Crippen molar-refractivity contribution in [1.29, 1.82) is 0 Å². The van der Waals surface area contributed by atoms with Gasteiger partial charge in [-0.1, -0.05) is 0 Å². The van der Waals surface area contributed by atoms with Gasteiger partial charge < -0.3 is 0 Å². The van der Waals surface area contributed by atoms with Gasteiger partial charge in [0.1, 0.15) is 0 Å². The monoisotopic (exact) mass is 324 g/mol. The molecule has 0 fully saturated rings. The normalized spacial score (nSPS) is 16.7. The van der Waals surface area contributed by atoms with Gasteiger partial charge in [0.05, 0.1) is 0 Å². The molecule has 86 valence electrons. The van der Waals surface area contributed by atoms with E-state index in [1.54, 1.807) is 9.19 Å². The number of halogens is 1. The summed E-state index contributed by atoms with van der Waals surface area (Å²) in [5, 5.41) is 0. The zero-order valence-corrected chi connectivity index (χ0v) is 11.3. The van der Waals surface area contributed by atoms with Crippen molar-refractivity contribution in [3.05, 3.63) is 11.6 Å². The van der Waals surface area contributed by atoms with Crippen molar-refractivity contribution in [1.82, 2.24) is 3.11 Å². The predicted octanol–water partition coefficient (Wildman–Crippen LogP) is 2.08. The molecule has 1 heterocycles. The first kappa shape index (κ1) is 12.5. The van der Waals surface area contributed by atoms with Crippen LogP contribution in [0.25, 0.3) is 0 Å². The molecule has 2 amide bonds. The molecule has 4 nitrogen and oxygen atoms in total. The van der Waals surface area contributed by atoms with Crippen molar-refractivity contribution in [2.45, 2.75) is 26.7 Å². The molecule has 0 radical (unpaired) electrons. The van der Waals surface area contributed by atoms with Crippen LogP contribution in [0.5, 0.6) is 0 Å². The zero-order chi connectivity index (χ0) is 11.4. The van der Waals surface area contributed by atoms with Gasteiger partial charge in [-0.25, -0.2) is 0 Å². The number of amides is 2. The standard InChI is InChI=1S/C10H17IN2O2/c1-3-5-8-6-9(14)13(7-8)11(4-2)10(12)15/h6H,3-5,7H2,1-2H3,(H2,12,15). The van der Waals surface area contributed by atoms with E-state index >= 15 is 0 Å². The van der Waals surface area contributed by atoms with Crippen LogP contribution >= 0.6 is 20.1 Å². The number of carbonyl (C=O) groups is 2. The Kier molecular flexibility index (Phi) is 4.56. The van der Waals surface area contributed by atoms with Crippen molar-refractivity contribution in [3.63, 3.8) is 0 Å². The third-order valence-corrected chi connectivity index (χ3v) is 7.09. The molecule has 0 atom stereocenters. The number of carbonyl (C=O) groups excluding carboxylic acids is 2. The topological polar surface area (TPSA) is 63.4 Å². The molecule has 0 bridgehead atoms. The van der Waals surface area contributed by atoms with Crippen LogP contribution in [0.3, 0.4) is 0 Å². The molecule has 1 aliphatic rings. The number of alkyl halides is 1. The van der Waals surface area contributed by atoms with Gasteiger partial charge in [-0.2, -0.15) is 0 Å². The second-order valence-electron chi connectivity index (χ2n) is 3.32. The summed E-state index contributed by atoms with van der Waals surface area (Å²) < 4.78 is 2.19. The molecule has 0 aromatic rings. The molecule has 5 heteroatoms. The Labute approximate surface area is 97.6 Å². The van der Waals surface area contributed by atoms with Crippen molar-refractivity contribution in [3.8, 4) is 0 Å². The Morgan fingerprint density at radius 3 is 2.73 bits per heavy atom. The summed E-state index contributed by atoms with van der Waals surface area (Å²) in [6.45, 7) is 4.65. The first-order valence-corrected chi connectivity index (χ1v) is 8.63. The Morgan fingerprint density at radius 2 is 2.27 bits per heavy atom. The zero-order valence-electron chi connectivity index (χ0n) is 9.12. The van der Waals surface area contributed by atoms with Crippen LogP contribution in [0.2, 0.25) is 0 Å². The van der Waals surface area contributed by atoms with E-state index in [9.17, 15) is 9.59 Å². The molecular formula is C10H17IN2O2. The van der Waals surface area contributed by atoms with E-state index in [4.69, 9.17) is 5.73 Å². The molecule has 15 heavy (non-hydrogen) atoms. The van der Waals surface area contributed by atoms with Gasteiger partial charge in [0.25, 0.3) is 0 Å². The van der Waals surface area contributed by atoms with Gasteiger partial charge in [0.15, 0.2) is 0 Å². The molecule has 0 spiro atoms. The number of nitrogens with zero attached hydrogens (tertiary/aromatic N) is 1. The number of primary amides is 1. The number of hydrogen-bond acceptors (Lipinski definition) is 2. The summed E-state index contributed by atoms with van der Waals surface area (Å²) in [5.74, 6) is -0.00991. The number of hydrogen-bond donors (Lipinski definition) is 1. The molecule has 1 aliphatic heterocycles. The van der Waals surface area contributed by atoms with Crippen LogP contribution in [-0.2, 0) is 4.79 Å².